The fourth-order valence-electron chi connectivity index (χ4n) is 3.49. The number of hydrogen-bond donors (Lipinski definition) is 2. The summed E-state index contributed by atoms with van der Waals surface area (Å²) in [5.41, 5.74) is 6.20. The standard InChI is InChI=1S/C19H27N5O3/c1-19(2,3)24-16(25)14-5-4-13(12-15(14)17(24)26)21-18(27)23-10-8-22(7-6-20)9-11-23/h4-5,12H,6-11,20H2,1-3H3,(H,21,27). The Bertz CT molecular complexity index is 763. The van der Waals surface area contributed by atoms with E-state index in [0.29, 0.717) is 36.4 Å². The highest BCUT2D eigenvalue weighted by molar-refractivity contribution is 6.22. The maximum atomic E-state index is 12.7. The molecule has 1 aromatic rings. The van der Waals surface area contributed by atoms with Crippen molar-refractivity contribution in [3.05, 3.63) is 29.3 Å². The van der Waals surface area contributed by atoms with Gasteiger partial charge in [0.2, 0.25) is 0 Å². The average Bonchev–Trinajstić information content (AvgIpc) is 2.86. The van der Waals surface area contributed by atoms with Gasteiger partial charge in [0.1, 0.15) is 0 Å². The minimum absolute atomic E-state index is 0.202. The summed E-state index contributed by atoms with van der Waals surface area (Å²) in [4.78, 5) is 42.9. The lowest BCUT2D eigenvalue weighted by Crippen LogP contribution is -2.50. The second-order valence-corrected chi connectivity index (χ2v) is 7.92. The van der Waals surface area contributed by atoms with Crippen molar-refractivity contribution in [1.29, 1.82) is 0 Å². The van der Waals surface area contributed by atoms with Crippen LogP contribution in [0.1, 0.15) is 41.5 Å². The summed E-state index contributed by atoms with van der Waals surface area (Å²) in [6, 6.07) is 4.66. The number of piperazine rings is 1. The molecule has 0 bridgehead atoms. The lowest BCUT2D eigenvalue weighted by atomic mass is 10.1. The van der Waals surface area contributed by atoms with Crippen LogP contribution in [0.5, 0.6) is 0 Å². The summed E-state index contributed by atoms with van der Waals surface area (Å²) in [6.07, 6.45) is 0. The second-order valence-electron chi connectivity index (χ2n) is 7.92. The van der Waals surface area contributed by atoms with Crippen LogP contribution in [-0.2, 0) is 0 Å². The van der Waals surface area contributed by atoms with Crippen molar-refractivity contribution in [3.63, 3.8) is 0 Å². The topological polar surface area (TPSA) is 99.0 Å². The number of rotatable bonds is 3. The van der Waals surface area contributed by atoms with E-state index >= 15 is 0 Å². The van der Waals surface area contributed by atoms with Gasteiger partial charge in [0.25, 0.3) is 11.8 Å². The molecule has 1 fully saturated rings. The van der Waals surface area contributed by atoms with Gasteiger partial charge >= 0.3 is 6.03 Å². The minimum atomic E-state index is -0.597. The highest BCUT2D eigenvalue weighted by Crippen LogP contribution is 2.31. The molecule has 8 heteroatoms. The van der Waals surface area contributed by atoms with Crippen molar-refractivity contribution in [2.75, 3.05) is 44.6 Å². The third kappa shape index (κ3) is 3.81. The molecule has 0 spiro atoms. The van der Waals surface area contributed by atoms with Crippen LogP contribution in [0.25, 0.3) is 0 Å². The van der Waals surface area contributed by atoms with E-state index in [9.17, 15) is 14.4 Å². The predicted molar refractivity (Wildman–Crippen MR) is 103 cm³/mol. The number of anilines is 1. The number of nitrogens with two attached hydrogens (primary N) is 1. The molecule has 2 aliphatic heterocycles. The van der Waals surface area contributed by atoms with E-state index in [0.717, 1.165) is 19.6 Å². The highest BCUT2D eigenvalue weighted by atomic mass is 16.2. The molecule has 3 rings (SSSR count). The molecule has 27 heavy (non-hydrogen) atoms. The molecule has 0 atom stereocenters. The molecular weight excluding hydrogens is 346 g/mol. The van der Waals surface area contributed by atoms with Gasteiger partial charge in [0, 0.05) is 50.5 Å². The molecule has 3 N–H and O–H groups in total. The van der Waals surface area contributed by atoms with Gasteiger partial charge in [-0.2, -0.15) is 0 Å². The summed E-state index contributed by atoms with van der Waals surface area (Å²) >= 11 is 0. The number of nitrogens with one attached hydrogen (secondary N) is 1. The number of benzene rings is 1. The average molecular weight is 373 g/mol. The lowest BCUT2D eigenvalue weighted by Gasteiger charge is -2.34. The fraction of sp³-hybridized carbons (Fsp3) is 0.526. The van der Waals surface area contributed by atoms with Crippen LogP contribution in [-0.4, -0.2) is 77.4 Å². The number of urea groups is 1. The molecule has 2 heterocycles. The van der Waals surface area contributed by atoms with Crippen molar-refractivity contribution in [2.24, 2.45) is 5.73 Å². The molecule has 0 radical (unpaired) electrons. The Morgan fingerprint density at radius 1 is 1.07 bits per heavy atom. The van der Waals surface area contributed by atoms with E-state index in [4.69, 9.17) is 5.73 Å². The zero-order valence-electron chi connectivity index (χ0n) is 16.1. The normalized spacial score (nSPS) is 18.1. The molecule has 2 aliphatic rings. The summed E-state index contributed by atoms with van der Waals surface area (Å²) in [7, 11) is 0. The highest BCUT2D eigenvalue weighted by Gasteiger charge is 2.41. The van der Waals surface area contributed by atoms with Crippen LogP contribution in [0.3, 0.4) is 0 Å². The van der Waals surface area contributed by atoms with Gasteiger partial charge in [-0.05, 0) is 39.0 Å². The zero-order chi connectivity index (χ0) is 19.8. The molecule has 0 unspecified atom stereocenters. The van der Waals surface area contributed by atoms with Crippen LogP contribution >= 0.6 is 0 Å². The van der Waals surface area contributed by atoms with Gasteiger partial charge in [-0.25, -0.2) is 4.79 Å². The molecule has 4 amide bonds. The van der Waals surface area contributed by atoms with E-state index in [1.165, 1.54) is 4.90 Å². The molecule has 0 aliphatic carbocycles. The number of imide groups is 1. The third-order valence-electron chi connectivity index (χ3n) is 4.91. The Kier molecular flexibility index (Phi) is 5.21. The Morgan fingerprint density at radius 3 is 2.30 bits per heavy atom. The molecule has 0 saturated carbocycles. The molecule has 8 nitrogen and oxygen atoms in total. The Balaban J connectivity index is 1.69. The molecule has 1 aromatic carbocycles. The van der Waals surface area contributed by atoms with Crippen LogP contribution in [0.2, 0.25) is 0 Å². The van der Waals surface area contributed by atoms with Crippen LogP contribution in [0.15, 0.2) is 18.2 Å². The maximum Gasteiger partial charge on any atom is 0.321 e. The first-order valence-corrected chi connectivity index (χ1v) is 9.23. The molecule has 0 aromatic heterocycles. The molecule has 146 valence electrons. The van der Waals surface area contributed by atoms with Crippen molar-refractivity contribution < 1.29 is 14.4 Å². The molecule has 1 saturated heterocycles. The van der Waals surface area contributed by atoms with Crippen molar-refractivity contribution in [3.8, 4) is 0 Å². The Morgan fingerprint density at radius 2 is 1.70 bits per heavy atom. The maximum absolute atomic E-state index is 12.7. The van der Waals surface area contributed by atoms with Crippen LogP contribution in [0.4, 0.5) is 10.5 Å². The van der Waals surface area contributed by atoms with E-state index in [1.54, 1.807) is 23.1 Å². The summed E-state index contributed by atoms with van der Waals surface area (Å²) in [5, 5.41) is 2.84. The Hall–Kier alpha value is -2.45. The van der Waals surface area contributed by atoms with E-state index in [2.05, 4.69) is 10.2 Å². The van der Waals surface area contributed by atoms with E-state index in [-0.39, 0.29) is 17.8 Å². The number of nitrogens with zero attached hydrogens (tertiary/aromatic N) is 3. The largest absolute Gasteiger partial charge is 0.329 e. The first-order chi connectivity index (χ1) is 12.7. The van der Waals surface area contributed by atoms with E-state index < -0.39 is 5.54 Å². The van der Waals surface area contributed by atoms with Gasteiger partial charge in [-0.3, -0.25) is 19.4 Å². The van der Waals surface area contributed by atoms with Gasteiger partial charge in [-0.1, -0.05) is 0 Å². The van der Waals surface area contributed by atoms with Crippen LogP contribution < -0.4 is 11.1 Å². The predicted octanol–water partition coefficient (Wildman–Crippen LogP) is 1.19. The summed E-state index contributed by atoms with van der Waals surface area (Å²) in [6.45, 7) is 9.76. The number of hydrogen-bond acceptors (Lipinski definition) is 5. The smallest absolute Gasteiger partial charge is 0.321 e. The monoisotopic (exact) mass is 373 g/mol. The summed E-state index contributed by atoms with van der Waals surface area (Å²) in [5.74, 6) is -0.620. The summed E-state index contributed by atoms with van der Waals surface area (Å²) < 4.78 is 0. The van der Waals surface area contributed by atoms with Crippen molar-refractivity contribution in [2.45, 2.75) is 26.3 Å². The van der Waals surface area contributed by atoms with Gasteiger partial charge in [0.05, 0.1) is 11.1 Å². The number of fused-ring (bicyclic) bond motifs is 1. The van der Waals surface area contributed by atoms with E-state index in [1.807, 2.05) is 20.8 Å². The van der Waals surface area contributed by atoms with Gasteiger partial charge in [-0.15, -0.1) is 0 Å². The third-order valence-corrected chi connectivity index (χ3v) is 4.91. The second kappa shape index (κ2) is 7.28. The van der Waals surface area contributed by atoms with Gasteiger partial charge < -0.3 is 16.0 Å². The first kappa shape index (κ1) is 19.3. The minimum Gasteiger partial charge on any atom is -0.329 e. The number of carbonyl (C=O) groups is 3. The zero-order valence-corrected chi connectivity index (χ0v) is 16.1. The van der Waals surface area contributed by atoms with Gasteiger partial charge in [0.15, 0.2) is 0 Å². The van der Waals surface area contributed by atoms with Crippen molar-refractivity contribution >= 4 is 23.5 Å². The quantitative estimate of drug-likeness (QED) is 0.776. The Labute approximate surface area is 159 Å². The fourth-order valence-corrected chi connectivity index (χ4v) is 3.49. The molecular formula is C19H27N5O3. The number of amides is 4. The first-order valence-electron chi connectivity index (χ1n) is 9.23. The van der Waals surface area contributed by atoms with Crippen molar-refractivity contribution in [1.82, 2.24) is 14.7 Å². The SMILES string of the molecule is CC(C)(C)N1C(=O)c2ccc(NC(=O)N3CCN(CCN)CC3)cc2C1=O. The van der Waals surface area contributed by atoms with Crippen LogP contribution in [0, 0.1) is 0 Å². The lowest BCUT2D eigenvalue weighted by molar-refractivity contribution is 0.0507. The number of carbonyl (C=O) groups excluding carboxylic acids is 3.